The van der Waals surface area contributed by atoms with Gasteiger partial charge in [0.1, 0.15) is 0 Å². The molecule has 5 heteroatoms. The number of amides is 1. The summed E-state index contributed by atoms with van der Waals surface area (Å²) in [5.41, 5.74) is 0.621. The molecule has 1 N–H and O–H groups in total. The number of carbonyl (C=O) groups excluding carboxylic acids is 1. The van der Waals surface area contributed by atoms with Gasteiger partial charge in [-0.25, -0.2) is 0 Å². The summed E-state index contributed by atoms with van der Waals surface area (Å²) in [6.07, 6.45) is 10.1. The standard InChI is InChI=1S/C13H17BrN2OS/c1-18-12-4-2-3-11(6-12)16-13(17)9-5-10(14)8-15-7-9/h5,7-8,11-12H,2-4,6H2,1H3,(H,16,17). The van der Waals surface area contributed by atoms with Crippen LogP contribution >= 0.6 is 27.7 Å². The van der Waals surface area contributed by atoms with Gasteiger partial charge in [0.05, 0.1) is 5.56 Å². The van der Waals surface area contributed by atoms with E-state index in [1.54, 1.807) is 18.5 Å². The third-order valence-electron chi connectivity index (χ3n) is 3.26. The van der Waals surface area contributed by atoms with Crippen molar-refractivity contribution >= 4 is 33.6 Å². The largest absolute Gasteiger partial charge is 0.349 e. The second-order valence-corrected chi connectivity index (χ2v) is 6.64. The lowest BCUT2D eigenvalue weighted by Crippen LogP contribution is -2.39. The highest BCUT2D eigenvalue weighted by atomic mass is 79.9. The van der Waals surface area contributed by atoms with Crippen LogP contribution in [0.25, 0.3) is 0 Å². The van der Waals surface area contributed by atoms with Gasteiger partial charge in [0.2, 0.25) is 0 Å². The van der Waals surface area contributed by atoms with Crippen LogP contribution in [0.2, 0.25) is 0 Å². The minimum absolute atomic E-state index is 0.0180. The molecule has 0 bridgehead atoms. The molecule has 1 amide bonds. The van der Waals surface area contributed by atoms with Crippen molar-refractivity contribution in [1.82, 2.24) is 10.3 Å². The lowest BCUT2D eigenvalue weighted by molar-refractivity contribution is 0.0928. The lowest BCUT2D eigenvalue weighted by atomic mass is 9.95. The summed E-state index contributed by atoms with van der Waals surface area (Å²) in [6, 6.07) is 2.11. The van der Waals surface area contributed by atoms with Crippen molar-refractivity contribution in [3.05, 3.63) is 28.5 Å². The zero-order chi connectivity index (χ0) is 13.0. The van der Waals surface area contributed by atoms with E-state index in [4.69, 9.17) is 0 Å². The topological polar surface area (TPSA) is 42.0 Å². The van der Waals surface area contributed by atoms with E-state index < -0.39 is 0 Å². The first-order valence-corrected chi connectivity index (χ1v) is 8.21. The summed E-state index contributed by atoms with van der Waals surface area (Å²) in [4.78, 5) is 16.1. The monoisotopic (exact) mass is 328 g/mol. The van der Waals surface area contributed by atoms with E-state index in [0.29, 0.717) is 16.9 Å². The normalized spacial score (nSPS) is 23.7. The first-order valence-electron chi connectivity index (χ1n) is 6.13. The van der Waals surface area contributed by atoms with Crippen LogP contribution in [0, 0.1) is 0 Å². The van der Waals surface area contributed by atoms with Gasteiger partial charge in [0.15, 0.2) is 0 Å². The summed E-state index contributed by atoms with van der Waals surface area (Å²) in [5.74, 6) is -0.0180. The number of rotatable bonds is 3. The average Bonchev–Trinajstić information content (AvgIpc) is 2.39. The van der Waals surface area contributed by atoms with Gasteiger partial charge in [0.25, 0.3) is 5.91 Å². The zero-order valence-corrected chi connectivity index (χ0v) is 12.8. The molecular weight excluding hydrogens is 312 g/mol. The Labute approximate surface area is 120 Å². The SMILES string of the molecule is CSC1CCCC(NC(=O)c2cncc(Br)c2)C1. The highest BCUT2D eigenvalue weighted by Crippen LogP contribution is 2.27. The molecule has 18 heavy (non-hydrogen) atoms. The minimum atomic E-state index is -0.0180. The Morgan fingerprint density at radius 3 is 3.06 bits per heavy atom. The van der Waals surface area contributed by atoms with Crippen LogP contribution in [-0.4, -0.2) is 28.4 Å². The molecule has 2 atom stereocenters. The molecule has 3 nitrogen and oxygen atoms in total. The van der Waals surface area contributed by atoms with Crippen molar-refractivity contribution in [2.75, 3.05) is 6.26 Å². The molecule has 0 radical (unpaired) electrons. The molecule has 2 unspecified atom stereocenters. The number of aromatic nitrogens is 1. The number of halogens is 1. The average molecular weight is 329 g/mol. The number of carbonyl (C=O) groups is 1. The third-order valence-corrected chi connectivity index (χ3v) is 4.79. The fourth-order valence-electron chi connectivity index (χ4n) is 2.29. The second kappa shape index (κ2) is 6.57. The molecule has 0 saturated heterocycles. The van der Waals surface area contributed by atoms with Crippen LogP contribution < -0.4 is 5.32 Å². The van der Waals surface area contributed by atoms with Crippen LogP contribution in [0.3, 0.4) is 0 Å². The summed E-state index contributed by atoms with van der Waals surface area (Å²) < 4.78 is 0.834. The maximum atomic E-state index is 12.1. The molecule has 1 heterocycles. The molecule has 1 aromatic rings. The fraction of sp³-hybridized carbons (Fsp3) is 0.538. The van der Waals surface area contributed by atoms with Crippen molar-refractivity contribution in [3.8, 4) is 0 Å². The van der Waals surface area contributed by atoms with Crippen molar-refractivity contribution in [2.24, 2.45) is 0 Å². The summed E-state index contributed by atoms with van der Waals surface area (Å²) in [6.45, 7) is 0. The van der Waals surface area contributed by atoms with Gasteiger partial charge in [-0.1, -0.05) is 6.42 Å². The predicted molar refractivity (Wildman–Crippen MR) is 79.0 cm³/mol. The Kier molecular flexibility index (Phi) is 5.06. The van der Waals surface area contributed by atoms with Gasteiger partial charge in [-0.15, -0.1) is 0 Å². The molecule has 0 aromatic carbocycles. The van der Waals surface area contributed by atoms with Crippen molar-refractivity contribution in [3.63, 3.8) is 0 Å². The van der Waals surface area contributed by atoms with Crippen molar-refractivity contribution < 1.29 is 4.79 Å². The number of nitrogens with zero attached hydrogens (tertiary/aromatic N) is 1. The van der Waals surface area contributed by atoms with Crippen LogP contribution in [0.5, 0.6) is 0 Å². The quantitative estimate of drug-likeness (QED) is 0.926. The molecule has 1 aliphatic carbocycles. The summed E-state index contributed by atoms with van der Waals surface area (Å²) >= 11 is 5.23. The molecular formula is C13H17BrN2OS. The van der Waals surface area contributed by atoms with Gasteiger partial charge < -0.3 is 5.32 Å². The minimum Gasteiger partial charge on any atom is -0.349 e. The Hall–Kier alpha value is -0.550. The highest BCUT2D eigenvalue weighted by molar-refractivity contribution is 9.10. The Morgan fingerprint density at radius 1 is 1.50 bits per heavy atom. The third kappa shape index (κ3) is 3.72. The predicted octanol–water partition coefficient (Wildman–Crippen LogP) is 3.25. The Bertz CT molecular complexity index is 427. The van der Waals surface area contributed by atoms with Crippen LogP contribution in [-0.2, 0) is 0 Å². The molecule has 98 valence electrons. The lowest BCUT2D eigenvalue weighted by Gasteiger charge is -2.28. The molecule has 0 spiro atoms. The van der Waals surface area contributed by atoms with Gasteiger partial charge in [-0.2, -0.15) is 11.8 Å². The molecule has 1 aromatic heterocycles. The second-order valence-electron chi connectivity index (χ2n) is 4.59. The van der Waals surface area contributed by atoms with E-state index in [2.05, 4.69) is 32.5 Å². The Morgan fingerprint density at radius 2 is 2.33 bits per heavy atom. The van der Waals surface area contributed by atoms with Crippen molar-refractivity contribution in [1.29, 1.82) is 0 Å². The van der Waals surface area contributed by atoms with E-state index in [1.165, 1.54) is 12.8 Å². The number of hydrogen-bond acceptors (Lipinski definition) is 3. The van der Waals surface area contributed by atoms with Crippen LogP contribution in [0.15, 0.2) is 22.9 Å². The van der Waals surface area contributed by atoms with Crippen LogP contribution in [0.1, 0.15) is 36.0 Å². The summed E-state index contributed by atoms with van der Waals surface area (Å²) in [5, 5.41) is 3.80. The first kappa shape index (κ1) is 13.9. The Balaban J connectivity index is 1.95. The van der Waals surface area contributed by atoms with Crippen LogP contribution in [0.4, 0.5) is 0 Å². The molecule has 1 aliphatic rings. The number of thioether (sulfide) groups is 1. The van der Waals surface area contributed by atoms with E-state index in [-0.39, 0.29) is 5.91 Å². The number of hydrogen-bond donors (Lipinski definition) is 1. The molecule has 0 aliphatic heterocycles. The zero-order valence-electron chi connectivity index (χ0n) is 10.4. The maximum Gasteiger partial charge on any atom is 0.253 e. The van der Waals surface area contributed by atoms with Gasteiger partial charge >= 0.3 is 0 Å². The molecule has 2 rings (SSSR count). The molecule has 1 fully saturated rings. The van der Waals surface area contributed by atoms with E-state index in [9.17, 15) is 4.79 Å². The van der Waals surface area contributed by atoms with Gasteiger partial charge in [-0.3, -0.25) is 9.78 Å². The van der Waals surface area contributed by atoms with E-state index in [0.717, 1.165) is 17.3 Å². The highest BCUT2D eigenvalue weighted by Gasteiger charge is 2.23. The molecule has 1 saturated carbocycles. The van der Waals surface area contributed by atoms with Gasteiger partial charge in [0, 0.05) is 28.2 Å². The number of pyridine rings is 1. The van der Waals surface area contributed by atoms with E-state index in [1.807, 2.05) is 11.8 Å². The van der Waals surface area contributed by atoms with E-state index >= 15 is 0 Å². The first-order chi connectivity index (χ1) is 8.69. The smallest absolute Gasteiger partial charge is 0.253 e. The van der Waals surface area contributed by atoms with Gasteiger partial charge in [-0.05, 0) is 47.5 Å². The summed E-state index contributed by atoms with van der Waals surface area (Å²) in [7, 11) is 0. The fourth-order valence-corrected chi connectivity index (χ4v) is 3.49. The maximum absolute atomic E-state index is 12.1. The van der Waals surface area contributed by atoms with Crippen molar-refractivity contribution in [2.45, 2.75) is 37.0 Å². The number of nitrogens with one attached hydrogen (secondary N) is 1.